The van der Waals surface area contributed by atoms with Gasteiger partial charge in [-0.05, 0) is 19.3 Å². The zero-order valence-corrected chi connectivity index (χ0v) is 25.4. The van der Waals surface area contributed by atoms with Crippen LogP contribution in [-0.2, 0) is 14.3 Å². The first-order valence-electron chi connectivity index (χ1n) is 16.4. The molecule has 0 atom stereocenters. The van der Waals surface area contributed by atoms with Crippen LogP contribution >= 0.6 is 0 Å². The summed E-state index contributed by atoms with van der Waals surface area (Å²) in [5, 5.41) is 0. The number of unbranched alkanes of at least 4 members (excludes halogenated alkanes) is 20. The standard InChI is InChI=1S/C34H66O3/c1-4-7-9-11-13-15-17-19-21-23-25-30-36-32-34(27-6-3,28-29-35)33-37-31-26-24-22-20-18-16-14-12-10-8-5-2/h6,29H,3-5,7-28,30-33H2,1-2H3. The van der Waals surface area contributed by atoms with Gasteiger partial charge in [0, 0.05) is 25.0 Å². The number of carbonyl (C=O) groups excluding carboxylic acids is 1. The Labute approximate surface area is 232 Å². The van der Waals surface area contributed by atoms with E-state index in [1.807, 2.05) is 6.08 Å². The third-order valence-electron chi connectivity index (χ3n) is 7.69. The first-order chi connectivity index (χ1) is 18.2. The molecule has 0 aliphatic carbocycles. The van der Waals surface area contributed by atoms with Crippen molar-refractivity contribution in [2.75, 3.05) is 26.4 Å². The van der Waals surface area contributed by atoms with Gasteiger partial charge in [0.2, 0.25) is 0 Å². The van der Waals surface area contributed by atoms with Gasteiger partial charge in [-0.25, -0.2) is 0 Å². The van der Waals surface area contributed by atoms with E-state index in [0.29, 0.717) is 19.6 Å². The lowest BCUT2D eigenvalue weighted by Crippen LogP contribution is -2.33. The summed E-state index contributed by atoms with van der Waals surface area (Å²) in [7, 11) is 0. The maximum Gasteiger partial charge on any atom is 0.120 e. The highest BCUT2D eigenvalue weighted by atomic mass is 16.5. The van der Waals surface area contributed by atoms with Gasteiger partial charge in [-0.3, -0.25) is 0 Å². The van der Waals surface area contributed by atoms with Gasteiger partial charge in [0.1, 0.15) is 6.29 Å². The molecule has 0 saturated carbocycles. The molecule has 0 aromatic heterocycles. The van der Waals surface area contributed by atoms with E-state index in [-0.39, 0.29) is 5.41 Å². The van der Waals surface area contributed by atoms with Gasteiger partial charge in [-0.15, -0.1) is 6.58 Å². The van der Waals surface area contributed by atoms with Gasteiger partial charge in [0.25, 0.3) is 0 Å². The molecule has 0 radical (unpaired) electrons. The van der Waals surface area contributed by atoms with E-state index >= 15 is 0 Å². The number of ether oxygens (including phenoxy) is 2. The quantitative estimate of drug-likeness (QED) is 0.0500. The number of carbonyl (C=O) groups is 1. The molecule has 0 N–H and O–H groups in total. The maximum atomic E-state index is 11.4. The summed E-state index contributed by atoms with van der Waals surface area (Å²) in [4.78, 5) is 11.4. The van der Waals surface area contributed by atoms with E-state index in [0.717, 1.165) is 38.8 Å². The molecule has 0 heterocycles. The van der Waals surface area contributed by atoms with Gasteiger partial charge >= 0.3 is 0 Å². The van der Waals surface area contributed by atoms with Crippen LogP contribution in [0, 0.1) is 5.41 Å². The zero-order valence-electron chi connectivity index (χ0n) is 25.4. The first-order valence-corrected chi connectivity index (χ1v) is 16.4. The molecule has 0 aromatic rings. The predicted molar refractivity (Wildman–Crippen MR) is 162 cm³/mol. The first kappa shape index (κ1) is 36.3. The van der Waals surface area contributed by atoms with Crippen molar-refractivity contribution in [3.8, 4) is 0 Å². The maximum absolute atomic E-state index is 11.4. The molecular weight excluding hydrogens is 456 g/mol. The van der Waals surface area contributed by atoms with Crippen LogP contribution in [0.15, 0.2) is 12.7 Å². The third kappa shape index (κ3) is 25.4. The van der Waals surface area contributed by atoms with Gasteiger partial charge in [0.15, 0.2) is 0 Å². The SMILES string of the molecule is C=CCC(CC=O)(COCCCCCCCCCCCCC)COCCCCCCCCCCCCC. The van der Waals surface area contributed by atoms with Crippen molar-refractivity contribution >= 4 is 6.29 Å². The van der Waals surface area contributed by atoms with Gasteiger partial charge in [0.05, 0.1) is 13.2 Å². The van der Waals surface area contributed by atoms with E-state index < -0.39 is 0 Å². The number of allylic oxidation sites excluding steroid dienone is 1. The van der Waals surface area contributed by atoms with Crippen molar-refractivity contribution in [3.05, 3.63) is 12.7 Å². The highest BCUT2D eigenvalue weighted by Crippen LogP contribution is 2.28. The summed E-state index contributed by atoms with van der Waals surface area (Å²) in [6.07, 6.45) is 33.7. The molecule has 0 spiro atoms. The number of hydrogen-bond donors (Lipinski definition) is 0. The average Bonchev–Trinajstić information content (AvgIpc) is 2.90. The van der Waals surface area contributed by atoms with Crippen LogP contribution in [-0.4, -0.2) is 32.7 Å². The minimum absolute atomic E-state index is 0.251. The lowest BCUT2D eigenvalue weighted by Gasteiger charge is -2.30. The van der Waals surface area contributed by atoms with Crippen LogP contribution in [0.25, 0.3) is 0 Å². The molecular formula is C34H66O3. The Morgan fingerprint density at radius 3 is 1.14 bits per heavy atom. The molecule has 220 valence electrons. The molecule has 0 aliphatic heterocycles. The number of hydrogen-bond acceptors (Lipinski definition) is 3. The fraction of sp³-hybridized carbons (Fsp3) is 0.912. The van der Waals surface area contributed by atoms with Gasteiger partial charge in [-0.1, -0.05) is 148 Å². The number of rotatable bonds is 32. The second-order valence-corrected chi connectivity index (χ2v) is 11.5. The second-order valence-electron chi connectivity index (χ2n) is 11.5. The van der Waals surface area contributed by atoms with Crippen LogP contribution in [0.5, 0.6) is 0 Å². The van der Waals surface area contributed by atoms with Gasteiger partial charge in [-0.2, -0.15) is 0 Å². The van der Waals surface area contributed by atoms with E-state index in [1.54, 1.807) is 0 Å². The monoisotopic (exact) mass is 523 g/mol. The van der Waals surface area contributed by atoms with Crippen LogP contribution in [0.4, 0.5) is 0 Å². The molecule has 3 heteroatoms. The topological polar surface area (TPSA) is 35.5 Å². The van der Waals surface area contributed by atoms with Crippen molar-refractivity contribution in [1.82, 2.24) is 0 Å². The summed E-state index contributed by atoms with van der Waals surface area (Å²) in [5.41, 5.74) is -0.251. The number of aldehydes is 1. The van der Waals surface area contributed by atoms with E-state index in [4.69, 9.17) is 9.47 Å². The third-order valence-corrected chi connectivity index (χ3v) is 7.69. The molecule has 37 heavy (non-hydrogen) atoms. The largest absolute Gasteiger partial charge is 0.381 e. The van der Waals surface area contributed by atoms with Crippen molar-refractivity contribution < 1.29 is 14.3 Å². The van der Waals surface area contributed by atoms with Crippen LogP contribution < -0.4 is 0 Å². The molecule has 0 amide bonds. The molecule has 3 nitrogen and oxygen atoms in total. The molecule has 0 aliphatic rings. The van der Waals surface area contributed by atoms with Gasteiger partial charge < -0.3 is 14.3 Å². The molecule has 0 rings (SSSR count). The van der Waals surface area contributed by atoms with Crippen molar-refractivity contribution in [2.45, 2.75) is 168 Å². The Kier molecular flexibility index (Phi) is 29.3. The Morgan fingerprint density at radius 2 is 0.838 bits per heavy atom. The van der Waals surface area contributed by atoms with Crippen LogP contribution in [0.2, 0.25) is 0 Å². The highest BCUT2D eigenvalue weighted by molar-refractivity contribution is 5.51. The summed E-state index contributed by atoms with van der Waals surface area (Å²) in [6.45, 7) is 11.2. The Hall–Kier alpha value is -0.670. The van der Waals surface area contributed by atoms with E-state index in [2.05, 4.69) is 20.4 Å². The molecule has 0 unspecified atom stereocenters. The zero-order chi connectivity index (χ0) is 27.1. The highest BCUT2D eigenvalue weighted by Gasteiger charge is 2.29. The lowest BCUT2D eigenvalue weighted by atomic mass is 9.83. The molecule has 0 saturated heterocycles. The smallest absolute Gasteiger partial charge is 0.120 e. The minimum Gasteiger partial charge on any atom is -0.381 e. The fourth-order valence-electron chi connectivity index (χ4n) is 5.16. The van der Waals surface area contributed by atoms with Crippen molar-refractivity contribution in [2.24, 2.45) is 5.41 Å². The predicted octanol–water partition coefficient (Wildman–Crippen LogP) is 10.8. The second kappa shape index (κ2) is 29.9. The summed E-state index contributed by atoms with van der Waals surface area (Å²) >= 11 is 0. The Bertz CT molecular complexity index is 420. The van der Waals surface area contributed by atoms with Crippen molar-refractivity contribution in [3.63, 3.8) is 0 Å². The van der Waals surface area contributed by atoms with E-state index in [1.165, 1.54) is 128 Å². The normalized spacial score (nSPS) is 11.7. The van der Waals surface area contributed by atoms with Crippen LogP contribution in [0.1, 0.15) is 168 Å². The summed E-state index contributed by atoms with van der Waals surface area (Å²) in [6, 6.07) is 0. The Balaban J connectivity index is 3.82. The fourth-order valence-corrected chi connectivity index (χ4v) is 5.16. The van der Waals surface area contributed by atoms with Crippen molar-refractivity contribution in [1.29, 1.82) is 0 Å². The summed E-state index contributed by atoms with van der Waals surface area (Å²) in [5.74, 6) is 0. The molecule has 0 aromatic carbocycles. The lowest BCUT2D eigenvalue weighted by molar-refractivity contribution is -0.113. The average molecular weight is 523 g/mol. The minimum atomic E-state index is -0.251. The van der Waals surface area contributed by atoms with E-state index in [9.17, 15) is 4.79 Å². The molecule has 0 bridgehead atoms. The van der Waals surface area contributed by atoms with Crippen LogP contribution in [0.3, 0.4) is 0 Å². The molecule has 0 fully saturated rings. The summed E-state index contributed by atoms with van der Waals surface area (Å²) < 4.78 is 12.1. The Morgan fingerprint density at radius 1 is 0.514 bits per heavy atom.